The monoisotopic (exact) mass is 321 g/mol. The highest BCUT2D eigenvalue weighted by atomic mass is 32.2. The molecule has 2 heterocycles. The largest absolute Gasteiger partial charge is 0.423 e. The van der Waals surface area contributed by atoms with E-state index in [9.17, 15) is 13.2 Å². The Morgan fingerprint density at radius 2 is 2.00 bits per heavy atom. The van der Waals surface area contributed by atoms with E-state index in [1.165, 1.54) is 35.6 Å². The van der Waals surface area contributed by atoms with Crippen LogP contribution in [0.25, 0.3) is 11.0 Å². The van der Waals surface area contributed by atoms with Crippen molar-refractivity contribution in [2.75, 3.05) is 0 Å². The van der Waals surface area contributed by atoms with Gasteiger partial charge in [0.1, 0.15) is 5.58 Å². The van der Waals surface area contributed by atoms with Crippen molar-refractivity contribution in [1.82, 2.24) is 4.72 Å². The van der Waals surface area contributed by atoms with Crippen molar-refractivity contribution >= 4 is 32.3 Å². The van der Waals surface area contributed by atoms with Gasteiger partial charge < -0.3 is 4.42 Å². The van der Waals surface area contributed by atoms with E-state index in [2.05, 4.69) is 4.72 Å². The van der Waals surface area contributed by atoms with Gasteiger partial charge in [0.05, 0.1) is 4.90 Å². The molecule has 0 saturated heterocycles. The van der Waals surface area contributed by atoms with Gasteiger partial charge in [0.25, 0.3) is 0 Å². The molecule has 0 atom stereocenters. The van der Waals surface area contributed by atoms with Gasteiger partial charge in [-0.2, -0.15) is 11.3 Å². The molecule has 21 heavy (non-hydrogen) atoms. The number of nitrogens with one attached hydrogen (secondary N) is 1. The van der Waals surface area contributed by atoms with Crippen LogP contribution in [0.2, 0.25) is 0 Å². The van der Waals surface area contributed by atoms with E-state index in [0.29, 0.717) is 11.0 Å². The summed E-state index contributed by atoms with van der Waals surface area (Å²) in [5.41, 5.74) is 0.809. The van der Waals surface area contributed by atoms with Gasteiger partial charge in [-0.05, 0) is 46.7 Å². The molecule has 0 saturated carbocycles. The lowest BCUT2D eigenvalue weighted by Gasteiger charge is -2.06. The molecule has 108 valence electrons. The fourth-order valence-corrected chi connectivity index (χ4v) is 3.59. The number of benzene rings is 1. The Balaban J connectivity index is 1.91. The number of sulfonamides is 1. The quantitative estimate of drug-likeness (QED) is 0.748. The van der Waals surface area contributed by atoms with Crippen molar-refractivity contribution in [3.05, 3.63) is 63.1 Å². The van der Waals surface area contributed by atoms with Gasteiger partial charge in [-0.3, -0.25) is 0 Å². The van der Waals surface area contributed by atoms with E-state index in [1.54, 1.807) is 6.07 Å². The van der Waals surface area contributed by atoms with Crippen molar-refractivity contribution in [3.63, 3.8) is 0 Å². The average molecular weight is 321 g/mol. The highest BCUT2D eigenvalue weighted by molar-refractivity contribution is 7.89. The second-order valence-electron chi connectivity index (χ2n) is 4.41. The molecule has 0 unspecified atom stereocenters. The second kappa shape index (κ2) is 5.44. The summed E-state index contributed by atoms with van der Waals surface area (Å²) in [4.78, 5) is 11.2. The van der Waals surface area contributed by atoms with Crippen LogP contribution in [0.3, 0.4) is 0 Å². The molecule has 0 spiro atoms. The minimum atomic E-state index is -3.60. The van der Waals surface area contributed by atoms with E-state index in [1.807, 2.05) is 16.8 Å². The lowest BCUT2D eigenvalue weighted by atomic mass is 10.2. The number of fused-ring (bicyclic) bond motifs is 1. The van der Waals surface area contributed by atoms with Crippen LogP contribution in [0.4, 0.5) is 0 Å². The van der Waals surface area contributed by atoms with Crippen LogP contribution >= 0.6 is 11.3 Å². The van der Waals surface area contributed by atoms with Crippen molar-refractivity contribution in [2.24, 2.45) is 0 Å². The van der Waals surface area contributed by atoms with E-state index >= 15 is 0 Å². The van der Waals surface area contributed by atoms with E-state index in [0.717, 1.165) is 5.56 Å². The van der Waals surface area contributed by atoms with Crippen LogP contribution in [-0.2, 0) is 16.6 Å². The van der Waals surface area contributed by atoms with Crippen molar-refractivity contribution < 1.29 is 12.8 Å². The van der Waals surface area contributed by atoms with Crippen LogP contribution in [-0.4, -0.2) is 8.42 Å². The lowest BCUT2D eigenvalue weighted by molar-refractivity contribution is 0.560. The molecule has 3 aromatic rings. The smallest absolute Gasteiger partial charge is 0.336 e. The van der Waals surface area contributed by atoms with Crippen LogP contribution in [0.1, 0.15) is 5.56 Å². The first-order chi connectivity index (χ1) is 10.0. The molecular weight excluding hydrogens is 310 g/mol. The third kappa shape index (κ3) is 3.05. The van der Waals surface area contributed by atoms with Gasteiger partial charge in [0.15, 0.2) is 0 Å². The Morgan fingerprint density at radius 3 is 2.76 bits per heavy atom. The van der Waals surface area contributed by atoms with Crippen LogP contribution in [0, 0.1) is 0 Å². The summed E-state index contributed by atoms with van der Waals surface area (Å²) in [6.45, 7) is 0.244. The van der Waals surface area contributed by atoms with E-state index < -0.39 is 15.6 Å². The topological polar surface area (TPSA) is 76.4 Å². The second-order valence-corrected chi connectivity index (χ2v) is 6.96. The molecule has 5 nitrogen and oxygen atoms in total. The Bertz CT molecular complexity index is 927. The molecule has 1 aromatic carbocycles. The molecule has 2 aromatic heterocycles. The van der Waals surface area contributed by atoms with Gasteiger partial charge in [-0.1, -0.05) is 0 Å². The van der Waals surface area contributed by atoms with Crippen LogP contribution in [0.5, 0.6) is 0 Å². The minimum absolute atomic E-state index is 0.138. The predicted octanol–water partition coefficient (Wildman–Crippen LogP) is 2.33. The molecule has 0 aliphatic carbocycles. The summed E-state index contributed by atoms with van der Waals surface area (Å²) in [6, 6.07) is 9.05. The van der Waals surface area contributed by atoms with Crippen LogP contribution in [0.15, 0.2) is 61.3 Å². The summed E-state index contributed by atoms with van der Waals surface area (Å²) in [6.07, 6.45) is 0. The SMILES string of the molecule is O=c1ccc2cc(S(=O)(=O)NCc3ccsc3)ccc2o1. The Kier molecular flexibility index (Phi) is 3.62. The molecule has 7 heteroatoms. The third-order valence-electron chi connectivity index (χ3n) is 2.95. The molecular formula is C14H11NO4S2. The molecule has 0 aliphatic heterocycles. The Labute approximate surface area is 124 Å². The van der Waals surface area contributed by atoms with Gasteiger partial charge in [-0.15, -0.1) is 0 Å². The van der Waals surface area contributed by atoms with E-state index in [-0.39, 0.29) is 11.4 Å². The zero-order chi connectivity index (χ0) is 14.9. The summed E-state index contributed by atoms with van der Waals surface area (Å²) in [7, 11) is -3.60. The van der Waals surface area contributed by atoms with Gasteiger partial charge >= 0.3 is 5.63 Å². The number of thiophene rings is 1. The molecule has 1 N–H and O–H groups in total. The standard InChI is InChI=1S/C14H11NO4S2/c16-14-4-1-11-7-12(2-3-13(11)19-14)21(17,18)15-8-10-5-6-20-9-10/h1-7,9,15H,8H2. The number of hydrogen-bond donors (Lipinski definition) is 1. The summed E-state index contributed by atoms with van der Waals surface area (Å²) < 4.78 is 32.0. The maximum absolute atomic E-state index is 12.2. The molecule has 0 aliphatic rings. The molecule has 0 amide bonds. The summed E-state index contributed by atoms with van der Waals surface area (Å²) in [5.74, 6) is 0. The van der Waals surface area contributed by atoms with Crippen LogP contribution < -0.4 is 10.3 Å². The first-order valence-electron chi connectivity index (χ1n) is 6.09. The molecule has 0 fully saturated rings. The third-order valence-corrected chi connectivity index (χ3v) is 5.08. The van der Waals surface area contributed by atoms with Gasteiger partial charge in [-0.25, -0.2) is 17.9 Å². The summed E-state index contributed by atoms with van der Waals surface area (Å²) >= 11 is 1.51. The number of rotatable bonds is 4. The summed E-state index contributed by atoms with van der Waals surface area (Å²) in [5, 5.41) is 4.34. The minimum Gasteiger partial charge on any atom is -0.423 e. The lowest BCUT2D eigenvalue weighted by Crippen LogP contribution is -2.22. The highest BCUT2D eigenvalue weighted by Gasteiger charge is 2.14. The first kappa shape index (κ1) is 14.0. The molecule has 0 radical (unpaired) electrons. The highest BCUT2D eigenvalue weighted by Crippen LogP contribution is 2.18. The average Bonchev–Trinajstić information content (AvgIpc) is 2.98. The first-order valence-corrected chi connectivity index (χ1v) is 8.52. The molecule has 3 rings (SSSR count). The predicted molar refractivity (Wildman–Crippen MR) is 80.8 cm³/mol. The fourth-order valence-electron chi connectivity index (χ4n) is 1.87. The van der Waals surface area contributed by atoms with Crippen molar-refractivity contribution in [3.8, 4) is 0 Å². The van der Waals surface area contributed by atoms with Gasteiger partial charge in [0, 0.05) is 18.0 Å². The normalized spacial score (nSPS) is 11.8. The zero-order valence-electron chi connectivity index (χ0n) is 10.8. The molecule has 0 bridgehead atoms. The maximum atomic E-state index is 12.2. The zero-order valence-corrected chi connectivity index (χ0v) is 12.4. The maximum Gasteiger partial charge on any atom is 0.336 e. The number of hydrogen-bond acceptors (Lipinski definition) is 5. The Hall–Kier alpha value is -1.96. The van der Waals surface area contributed by atoms with Crippen molar-refractivity contribution in [1.29, 1.82) is 0 Å². The van der Waals surface area contributed by atoms with Gasteiger partial charge in [0.2, 0.25) is 10.0 Å². The van der Waals surface area contributed by atoms with Crippen molar-refractivity contribution in [2.45, 2.75) is 11.4 Å². The Morgan fingerprint density at radius 1 is 1.14 bits per heavy atom. The van der Waals surface area contributed by atoms with E-state index in [4.69, 9.17) is 4.42 Å². The fraction of sp³-hybridized carbons (Fsp3) is 0.0714.